The first kappa shape index (κ1) is 16.0. The van der Waals surface area contributed by atoms with Crippen LogP contribution in [0, 0.1) is 0 Å². The molecule has 0 bridgehead atoms. The Morgan fingerprint density at radius 1 is 1.18 bits per heavy atom. The summed E-state index contributed by atoms with van der Waals surface area (Å²) in [5.41, 5.74) is 2.81. The standard InChI is InChI=1S/C18H32N4/c1-21(2)17-10-9-16(11-17)19-12-15-13-22(3)20-18(15)14-7-5-4-6-8-14/h13-14,16-17,19H,4-12H2,1-3H3. The average molecular weight is 304 g/mol. The molecule has 1 aromatic rings. The number of aromatic nitrogens is 2. The molecule has 0 saturated heterocycles. The Morgan fingerprint density at radius 3 is 2.64 bits per heavy atom. The maximum absolute atomic E-state index is 4.79. The van der Waals surface area contributed by atoms with Crippen molar-refractivity contribution in [3.05, 3.63) is 17.5 Å². The summed E-state index contributed by atoms with van der Waals surface area (Å²) in [6, 6.07) is 1.43. The summed E-state index contributed by atoms with van der Waals surface area (Å²) in [5, 5.41) is 8.59. The Morgan fingerprint density at radius 2 is 1.95 bits per heavy atom. The largest absolute Gasteiger partial charge is 0.310 e. The molecule has 4 heteroatoms. The summed E-state index contributed by atoms with van der Waals surface area (Å²) in [6.45, 7) is 0.991. The molecule has 2 unspecified atom stereocenters. The molecule has 4 nitrogen and oxygen atoms in total. The quantitative estimate of drug-likeness (QED) is 0.907. The second-order valence-corrected chi connectivity index (χ2v) is 7.56. The van der Waals surface area contributed by atoms with Gasteiger partial charge in [0.2, 0.25) is 0 Å². The van der Waals surface area contributed by atoms with Crippen molar-refractivity contribution >= 4 is 0 Å². The molecule has 0 spiro atoms. The monoisotopic (exact) mass is 304 g/mol. The van der Waals surface area contributed by atoms with Crippen LogP contribution in [0.1, 0.15) is 68.5 Å². The predicted molar refractivity (Wildman–Crippen MR) is 91.0 cm³/mol. The van der Waals surface area contributed by atoms with E-state index in [1.54, 1.807) is 0 Å². The van der Waals surface area contributed by atoms with Gasteiger partial charge in [0.1, 0.15) is 0 Å². The lowest BCUT2D eigenvalue weighted by Crippen LogP contribution is -2.30. The van der Waals surface area contributed by atoms with Crippen LogP contribution in [-0.4, -0.2) is 40.9 Å². The summed E-state index contributed by atoms with van der Waals surface area (Å²) < 4.78 is 2.01. The van der Waals surface area contributed by atoms with Crippen LogP contribution in [-0.2, 0) is 13.6 Å². The summed E-state index contributed by atoms with van der Waals surface area (Å²) in [4.78, 5) is 2.37. The SMILES string of the molecule is CN(C)C1CCC(NCc2cn(C)nc2C2CCCCC2)C1. The first-order valence-corrected chi connectivity index (χ1v) is 9.05. The van der Waals surface area contributed by atoms with Crippen LogP contribution in [0.2, 0.25) is 0 Å². The van der Waals surface area contributed by atoms with Crippen LogP contribution in [0.4, 0.5) is 0 Å². The number of hydrogen-bond donors (Lipinski definition) is 1. The van der Waals surface area contributed by atoms with E-state index in [-0.39, 0.29) is 0 Å². The minimum atomic E-state index is 0.673. The molecule has 1 heterocycles. The molecule has 0 aromatic carbocycles. The first-order valence-electron chi connectivity index (χ1n) is 9.05. The molecule has 22 heavy (non-hydrogen) atoms. The number of nitrogens with zero attached hydrogens (tertiary/aromatic N) is 3. The Kier molecular flexibility index (Phi) is 5.19. The molecule has 3 rings (SSSR count). The highest BCUT2D eigenvalue weighted by atomic mass is 15.3. The van der Waals surface area contributed by atoms with Crippen molar-refractivity contribution < 1.29 is 0 Å². The number of rotatable bonds is 5. The van der Waals surface area contributed by atoms with Crippen LogP contribution in [0.3, 0.4) is 0 Å². The molecular weight excluding hydrogens is 272 g/mol. The van der Waals surface area contributed by atoms with Crippen molar-refractivity contribution in [3.63, 3.8) is 0 Å². The van der Waals surface area contributed by atoms with Crippen molar-refractivity contribution in [2.45, 2.75) is 75.9 Å². The van der Waals surface area contributed by atoms with E-state index in [1.807, 2.05) is 4.68 Å². The minimum Gasteiger partial charge on any atom is -0.310 e. The zero-order chi connectivity index (χ0) is 15.5. The third kappa shape index (κ3) is 3.72. The Bertz CT molecular complexity index is 473. The van der Waals surface area contributed by atoms with Gasteiger partial charge in [-0.25, -0.2) is 0 Å². The molecule has 2 fully saturated rings. The van der Waals surface area contributed by atoms with Crippen LogP contribution in [0.15, 0.2) is 6.20 Å². The second kappa shape index (κ2) is 7.14. The third-order valence-electron chi connectivity index (χ3n) is 5.65. The van der Waals surface area contributed by atoms with E-state index < -0.39 is 0 Å². The van der Waals surface area contributed by atoms with Gasteiger partial charge in [-0.2, -0.15) is 5.10 Å². The molecule has 1 N–H and O–H groups in total. The lowest BCUT2D eigenvalue weighted by atomic mass is 9.85. The molecule has 2 saturated carbocycles. The van der Waals surface area contributed by atoms with Crippen molar-refractivity contribution in [1.29, 1.82) is 0 Å². The fourth-order valence-electron chi connectivity index (χ4n) is 4.28. The lowest BCUT2D eigenvalue weighted by molar-refractivity contribution is 0.293. The third-order valence-corrected chi connectivity index (χ3v) is 5.65. The summed E-state index contributed by atoms with van der Waals surface area (Å²) in [6.07, 6.45) is 13.0. The van der Waals surface area contributed by atoms with Gasteiger partial charge in [-0.15, -0.1) is 0 Å². The topological polar surface area (TPSA) is 33.1 Å². The maximum atomic E-state index is 4.79. The maximum Gasteiger partial charge on any atom is 0.0700 e. The fourth-order valence-corrected chi connectivity index (χ4v) is 4.28. The van der Waals surface area contributed by atoms with Crippen molar-refractivity contribution in [3.8, 4) is 0 Å². The Labute approximate surface area is 135 Å². The van der Waals surface area contributed by atoms with E-state index in [2.05, 4.69) is 37.6 Å². The molecule has 2 aliphatic carbocycles. The number of nitrogens with one attached hydrogen (secondary N) is 1. The molecule has 2 aliphatic rings. The average Bonchev–Trinajstić information content (AvgIpc) is 3.12. The molecule has 0 radical (unpaired) electrons. The summed E-state index contributed by atoms with van der Waals surface area (Å²) >= 11 is 0. The highest BCUT2D eigenvalue weighted by molar-refractivity contribution is 5.21. The van der Waals surface area contributed by atoms with Crippen LogP contribution >= 0.6 is 0 Å². The van der Waals surface area contributed by atoms with E-state index in [1.165, 1.54) is 62.6 Å². The van der Waals surface area contributed by atoms with Gasteiger partial charge in [0, 0.05) is 43.4 Å². The van der Waals surface area contributed by atoms with E-state index in [0.29, 0.717) is 12.0 Å². The Hall–Kier alpha value is -0.870. The van der Waals surface area contributed by atoms with E-state index in [4.69, 9.17) is 5.10 Å². The van der Waals surface area contributed by atoms with Gasteiger partial charge in [0.05, 0.1) is 5.69 Å². The normalized spacial score (nSPS) is 26.9. The summed E-state index contributed by atoms with van der Waals surface area (Å²) in [7, 11) is 6.47. The zero-order valence-corrected chi connectivity index (χ0v) is 14.5. The minimum absolute atomic E-state index is 0.673. The summed E-state index contributed by atoms with van der Waals surface area (Å²) in [5.74, 6) is 0.699. The van der Waals surface area contributed by atoms with Crippen LogP contribution < -0.4 is 5.32 Å². The zero-order valence-electron chi connectivity index (χ0n) is 14.5. The van der Waals surface area contributed by atoms with Gasteiger partial charge in [-0.1, -0.05) is 19.3 Å². The van der Waals surface area contributed by atoms with Crippen molar-refractivity contribution in [1.82, 2.24) is 20.0 Å². The molecule has 124 valence electrons. The van der Waals surface area contributed by atoms with Crippen molar-refractivity contribution in [2.24, 2.45) is 7.05 Å². The molecule has 1 aromatic heterocycles. The van der Waals surface area contributed by atoms with Gasteiger partial charge in [0.15, 0.2) is 0 Å². The van der Waals surface area contributed by atoms with E-state index >= 15 is 0 Å². The molecule has 2 atom stereocenters. The van der Waals surface area contributed by atoms with Gasteiger partial charge < -0.3 is 10.2 Å². The van der Waals surface area contributed by atoms with E-state index in [0.717, 1.165) is 12.6 Å². The molecule has 0 amide bonds. The van der Waals surface area contributed by atoms with Crippen molar-refractivity contribution in [2.75, 3.05) is 14.1 Å². The smallest absolute Gasteiger partial charge is 0.0700 e. The lowest BCUT2D eigenvalue weighted by Gasteiger charge is -2.22. The van der Waals surface area contributed by atoms with Gasteiger partial charge in [0.25, 0.3) is 0 Å². The molecular formula is C18H32N4. The Balaban J connectivity index is 1.58. The predicted octanol–water partition coefficient (Wildman–Crippen LogP) is 3.04. The highest BCUT2D eigenvalue weighted by Gasteiger charge is 2.26. The molecule has 0 aliphatic heterocycles. The first-order chi connectivity index (χ1) is 10.6. The van der Waals surface area contributed by atoms with Gasteiger partial charge in [-0.3, -0.25) is 4.68 Å². The van der Waals surface area contributed by atoms with E-state index in [9.17, 15) is 0 Å². The number of hydrogen-bond acceptors (Lipinski definition) is 3. The van der Waals surface area contributed by atoms with Gasteiger partial charge >= 0.3 is 0 Å². The van der Waals surface area contributed by atoms with Crippen LogP contribution in [0.5, 0.6) is 0 Å². The van der Waals surface area contributed by atoms with Crippen LogP contribution in [0.25, 0.3) is 0 Å². The highest BCUT2D eigenvalue weighted by Crippen LogP contribution is 2.33. The number of aryl methyl sites for hydroxylation is 1. The fraction of sp³-hybridized carbons (Fsp3) is 0.833. The van der Waals surface area contributed by atoms with Gasteiger partial charge in [-0.05, 0) is 46.2 Å². The second-order valence-electron chi connectivity index (χ2n) is 7.56.